The average Bonchev–Trinajstić information content (AvgIpc) is 2.99. The van der Waals surface area contributed by atoms with E-state index in [1.807, 2.05) is 19.2 Å². The van der Waals surface area contributed by atoms with Crippen LogP contribution in [0, 0.1) is 0 Å². The Morgan fingerprint density at radius 1 is 1.19 bits per heavy atom. The van der Waals surface area contributed by atoms with Gasteiger partial charge in [-0.25, -0.2) is 4.79 Å². The van der Waals surface area contributed by atoms with Crippen LogP contribution in [0.25, 0.3) is 0 Å². The predicted octanol–water partition coefficient (Wildman–Crippen LogP) is 0.894. The van der Waals surface area contributed by atoms with Crippen LogP contribution >= 0.6 is 0 Å². The van der Waals surface area contributed by atoms with Crippen LogP contribution in [0.1, 0.15) is 24.8 Å². The Hall–Kier alpha value is -2.61. The van der Waals surface area contributed by atoms with Crippen molar-refractivity contribution in [1.29, 1.82) is 0 Å². The van der Waals surface area contributed by atoms with Crippen molar-refractivity contribution in [3.05, 3.63) is 29.8 Å². The first-order chi connectivity index (χ1) is 12.9. The number of nitrogens with zero attached hydrogens (tertiary/aromatic N) is 3. The predicted molar refractivity (Wildman–Crippen MR) is 100 cm³/mol. The number of primary amides is 1. The van der Waals surface area contributed by atoms with Crippen molar-refractivity contribution in [3.8, 4) is 0 Å². The summed E-state index contributed by atoms with van der Waals surface area (Å²) in [5.74, 6) is -1.32. The monoisotopic (exact) mass is 374 g/mol. The van der Waals surface area contributed by atoms with Crippen molar-refractivity contribution < 1.29 is 19.5 Å². The number of carbonyl (C=O) groups is 3. The van der Waals surface area contributed by atoms with Gasteiger partial charge in [-0.3, -0.25) is 14.5 Å². The number of hydrogen-bond donors (Lipinski definition) is 2. The van der Waals surface area contributed by atoms with Crippen molar-refractivity contribution in [3.63, 3.8) is 0 Å². The standard InChI is InChI=1S/C19H26N4O4/c1-21-10-8-15(9-11-21)23-16(18(20)26)12-22(19(23)27)14-5-2-13(3-6-14)4-7-17(24)25/h2-3,5-6,15-16H,4,7-12H2,1H3,(H2,20,26)(H,24,25). The number of amides is 3. The number of likely N-dealkylation sites (tertiary alicyclic amines) is 1. The minimum atomic E-state index is -0.841. The molecular formula is C19H26N4O4. The molecule has 27 heavy (non-hydrogen) atoms. The Kier molecular flexibility index (Phi) is 5.65. The fraction of sp³-hybridized carbons (Fsp3) is 0.526. The van der Waals surface area contributed by atoms with Gasteiger partial charge in [-0.05, 0) is 57.1 Å². The number of nitrogens with two attached hydrogens (primary N) is 1. The van der Waals surface area contributed by atoms with Gasteiger partial charge in [0.15, 0.2) is 0 Å². The average molecular weight is 374 g/mol. The molecule has 0 bridgehead atoms. The maximum Gasteiger partial charge on any atom is 0.325 e. The molecule has 1 atom stereocenters. The number of urea groups is 1. The molecule has 8 heteroatoms. The van der Waals surface area contributed by atoms with Crippen molar-refractivity contribution >= 4 is 23.6 Å². The molecule has 0 aromatic heterocycles. The fourth-order valence-corrected chi connectivity index (χ4v) is 3.83. The second kappa shape index (κ2) is 7.96. The molecule has 3 N–H and O–H groups in total. The highest BCUT2D eigenvalue weighted by Crippen LogP contribution is 2.29. The van der Waals surface area contributed by atoms with Crippen molar-refractivity contribution in [2.24, 2.45) is 5.73 Å². The van der Waals surface area contributed by atoms with Gasteiger partial charge in [-0.2, -0.15) is 0 Å². The number of aliphatic carboxylic acids is 1. The zero-order valence-electron chi connectivity index (χ0n) is 15.5. The topological polar surface area (TPSA) is 107 Å². The van der Waals surface area contributed by atoms with E-state index in [4.69, 9.17) is 10.8 Å². The first-order valence-corrected chi connectivity index (χ1v) is 9.25. The van der Waals surface area contributed by atoms with Crippen molar-refractivity contribution in [1.82, 2.24) is 9.80 Å². The van der Waals surface area contributed by atoms with Crippen LogP contribution < -0.4 is 10.6 Å². The first-order valence-electron chi connectivity index (χ1n) is 9.25. The molecule has 146 valence electrons. The highest BCUT2D eigenvalue weighted by molar-refractivity contribution is 6.00. The van der Waals surface area contributed by atoms with Gasteiger partial charge in [-0.1, -0.05) is 12.1 Å². The molecule has 0 aliphatic carbocycles. The summed E-state index contributed by atoms with van der Waals surface area (Å²) >= 11 is 0. The van der Waals surface area contributed by atoms with Crippen molar-refractivity contribution in [2.45, 2.75) is 37.8 Å². The maximum absolute atomic E-state index is 13.1. The lowest BCUT2D eigenvalue weighted by Crippen LogP contribution is -2.52. The molecule has 2 fully saturated rings. The Balaban J connectivity index is 1.75. The number of benzene rings is 1. The van der Waals surface area contributed by atoms with Crippen LogP contribution in [-0.2, 0) is 16.0 Å². The number of rotatable bonds is 6. The molecule has 3 rings (SSSR count). The molecule has 1 aromatic carbocycles. The lowest BCUT2D eigenvalue weighted by molar-refractivity contribution is -0.137. The van der Waals surface area contributed by atoms with Gasteiger partial charge in [0.1, 0.15) is 6.04 Å². The Bertz CT molecular complexity index is 713. The lowest BCUT2D eigenvalue weighted by Gasteiger charge is -2.36. The molecule has 1 aromatic rings. The molecule has 0 radical (unpaired) electrons. The minimum absolute atomic E-state index is 0.0195. The molecule has 1 unspecified atom stereocenters. The van der Waals surface area contributed by atoms with E-state index in [1.54, 1.807) is 21.9 Å². The number of anilines is 1. The van der Waals surface area contributed by atoms with Gasteiger partial charge in [0.2, 0.25) is 5.91 Å². The smallest absolute Gasteiger partial charge is 0.325 e. The van der Waals surface area contributed by atoms with E-state index < -0.39 is 17.9 Å². The van der Waals surface area contributed by atoms with Gasteiger partial charge in [0.05, 0.1) is 6.54 Å². The van der Waals surface area contributed by atoms with Gasteiger partial charge in [-0.15, -0.1) is 0 Å². The SMILES string of the molecule is CN1CCC(N2C(=O)N(c3ccc(CCC(=O)O)cc3)CC2C(N)=O)CC1. The normalized spacial score (nSPS) is 21.7. The van der Waals surface area contributed by atoms with E-state index in [0.717, 1.165) is 31.5 Å². The van der Waals surface area contributed by atoms with Gasteiger partial charge >= 0.3 is 12.0 Å². The van der Waals surface area contributed by atoms with E-state index in [0.29, 0.717) is 12.1 Å². The maximum atomic E-state index is 13.1. The molecule has 8 nitrogen and oxygen atoms in total. The number of hydrogen-bond acceptors (Lipinski definition) is 4. The second-order valence-electron chi connectivity index (χ2n) is 7.31. The molecule has 0 spiro atoms. The van der Waals surface area contributed by atoms with Crippen LogP contribution in [0.15, 0.2) is 24.3 Å². The highest BCUT2D eigenvalue weighted by Gasteiger charge is 2.45. The Morgan fingerprint density at radius 3 is 2.37 bits per heavy atom. The third-order valence-corrected chi connectivity index (χ3v) is 5.43. The molecule has 2 aliphatic rings. The van der Waals surface area contributed by atoms with E-state index in [-0.39, 0.29) is 25.0 Å². The van der Waals surface area contributed by atoms with Gasteiger partial charge < -0.3 is 20.6 Å². The summed E-state index contributed by atoms with van der Waals surface area (Å²) in [7, 11) is 2.05. The molecule has 2 aliphatic heterocycles. The number of piperidine rings is 1. The third-order valence-electron chi connectivity index (χ3n) is 5.43. The summed E-state index contributed by atoms with van der Waals surface area (Å²) < 4.78 is 0. The quantitative estimate of drug-likeness (QED) is 0.769. The number of aryl methyl sites for hydroxylation is 1. The zero-order valence-corrected chi connectivity index (χ0v) is 15.5. The number of carboxylic acids is 1. The van der Waals surface area contributed by atoms with Crippen molar-refractivity contribution in [2.75, 3.05) is 31.6 Å². The summed E-state index contributed by atoms with van der Waals surface area (Å²) in [5.41, 5.74) is 7.18. The summed E-state index contributed by atoms with van der Waals surface area (Å²) in [6.07, 6.45) is 2.16. The van der Waals surface area contributed by atoms with Crippen LogP contribution in [0.4, 0.5) is 10.5 Å². The number of carbonyl (C=O) groups excluding carboxylic acids is 2. The fourth-order valence-electron chi connectivity index (χ4n) is 3.83. The van der Waals surface area contributed by atoms with Crippen LogP contribution in [0.2, 0.25) is 0 Å². The summed E-state index contributed by atoms with van der Waals surface area (Å²) in [6, 6.07) is 6.44. The molecular weight excluding hydrogens is 348 g/mol. The molecule has 2 heterocycles. The molecule has 3 amide bonds. The number of carboxylic acid groups (broad SMARTS) is 1. The van der Waals surface area contributed by atoms with Gasteiger partial charge in [0.25, 0.3) is 0 Å². The van der Waals surface area contributed by atoms with E-state index >= 15 is 0 Å². The molecule has 2 saturated heterocycles. The Morgan fingerprint density at radius 2 is 1.81 bits per heavy atom. The van der Waals surface area contributed by atoms with Crippen LogP contribution in [0.3, 0.4) is 0 Å². The summed E-state index contributed by atoms with van der Waals surface area (Å²) in [6.45, 7) is 2.02. The first kappa shape index (κ1) is 19.2. The molecule has 0 saturated carbocycles. The van der Waals surface area contributed by atoms with E-state index in [9.17, 15) is 14.4 Å². The van der Waals surface area contributed by atoms with E-state index in [2.05, 4.69) is 4.90 Å². The lowest BCUT2D eigenvalue weighted by atomic mass is 10.0. The zero-order chi connectivity index (χ0) is 19.6. The summed E-state index contributed by atoms with van der Waals surface area (Å²) in [5, 5.41) is 8.78. The summed E-state index contributed by atoms with van der Waals surface area (Å²) in [4.78, 5) is 41.2. The second-order valence-corrected chi connectivity index (χ2v) is 7.31. The van der Waals surface area contributed by atoms with E-state index in [1.165, 1.54) is 0 Å². The van der Waals surface area contributed by atoms with Crippen LogP contribution in [-0.4, -0.2) is 71.6 Å². The minimum Gasteiger partial charge on any atom is -0.481 e. The van der Waals surface area contributed by atoms with Crippen LogP contribution in [0.5, 0.6) is 0 Å². The van der Waals surface area contributed by atoms with Gasteiger partial charge in [0, 0.05) is 18.2 Å². The Labute approximate surface area is 158 Å². The third kappa shape index (κ3) is 4.21. The highest BCUT2D eigenvalue weighted by atomic mass is 16.4. The largest absolute Gasteiger partial charge is 0.481 e.